The van der Waals surface area contributed by atoms with E-state index < -0.39 is 23.3 Å². The molecule has 10 rings (SSSR count). The molecule has 516 valence electrons. The second-order valence-electron chi connectivity index (χ2n) is 30.0. The van der Waals surface area contributed by atoms with Crippen molar-refractivity contribution < 1.29 is 48.1 Å². The number of ether oxygens (including phenoxy) is 3. The molecule has 0 bridgehead atoms. The summed E-state index contributed by atoms with van der Waals surface area (Å²) in [6.07, 6.45) is 10.7. The van der Waals surface area contributed by atoms with Gasteiger partial charge in [0.2, 0.25) is 5.91 Å². The van der Waals surface area contributed by atoms with Crippen LogP contribution in [0.15, 0.2) is 146 Å². The van der Waals surface area contributed by atoms with Crippen LogP contribution in [0, 0.1) is 23.7 Å². The van der Waals surface area contributed by atoms with Crippen LogP contribution in [0.4, 0.5) is 0 Å². The van der Waals surface area contributed by atoms with E-state index >= 15 is 0 Å². The number of carbonyl (C=O) groups excluding carboxylic acids is 6. The summed E-state index contributed by atoms with van der Waals surface area (Å²) in [6, 6.07) is 36.2. The molecule has 3 amide bonds. The number of ketones is 1. The third kappa shape index (κ3) is 20.3. The molecule has 1 aliphatic carbocycles. The third-order valence-electron chi connectivity index (χ3n) is 16.8. The maximum Gasteiger partial charge on any atom is 0.313 e. The van der Waals surface area contributed by atoms with Crippen molar-refractivity contribution in [2.45, 2.75) is 170 Å². The van der Waals surface area contributed by atoms with Gasteiger partial charge in [0.15, 0.2) is 17.4 Å². The summed E-state index contributed by atoms with van der Waals surface area (Å²) in [6.45, 7) is 29.2. The molecule has 0 unspecified atom stereocenters. The van der Waals surface area contributed by atoms with E-state index in [9.17, 15) is 33.9 Å². The van der Waals surface area contributed by atoms with Gasteiger partial charge >= 0.3 is 11.9 Å². The summed E-state index contributed by atoms with van der Waals surface area (Å²) >= 11 is 2.87. The number of phenols is 1. The summed E-state index contributed by atoms with van der Waals surface area (Å²) in [5.74, 6) is 0.394. The number of esters is 2. The van der Waals surface area contributed by atoms with Crippen LogP contribution in [-0.4, -0.2) is 108 Å². The highest BCUT2D eigenvalue weighted by atomic mass is 32.1. The van der Waals surface area contributed by atoms with Gasteiger partial charge in [0, 0.05) is 82.2 Å². The average molecular weight is 1360 g/mol. The fourth-order valence-electron chi connectivity index (χ4n) is 11.1. The highest BCUT2D eigenvalue weighted by Crippen LogP contribution is 2.38. The van der Waals surface area contributed by atoms with Gasteiger partial charge in [-0.2, -0.15) is 0 Å². The minimum absolute atomic E-state index is 0.0713. The number of hydrogen-bond acceptors (Lipinski definition) is 16. The maximum absolute atomic E-state index is 13.8. The zero-order chi connectivity index (χ0) is 70.9. The van der Waals surface area contributed by atoms with E-state index in [2.05, 4.69) is 86.0 Å². The van der Waals surface area contributed by atoms with E-state index in [4.69, 9.17) is 14.2 Å². The normalized spacial score (nSPS) is 15.5. The lowest BCUT2D eigenvalue weighted by Gasteiger charge is -2.40. The van der Waals surface area contributed by atoms with Gasteiger partial charge in [-0.15, -0.1) is 22.7 Å². The lowest BCUT2D eigenvalue weighted by Crippen LogP contribution is -2.59. The smallest absolute Gasteiger partial charge is 0.313 e. The Bertz CT molecular complexity index is 4030. The highest BCUT2D eigenvalue weighted by Gasteiger charge is 2.44. The summed E-state index contributed by atoms with van der Waals surface area (Å²) in [7, 11) is 0. The minimum atomic E-state index is -0.814. The third-order valence-corrected chi connectivity index (χ3v) is 19.8. The lowest BCUT2D eigenvalue weighted by atomic mass is 9.70. The van der Waals surface area contributed by atoms with Gasteiger partial charge in [0.05, 0.1) is 34.2 Å². The molecule has 2 aliphatic rings. The molecule has 0 radical (unpaired) electrons. The van der Waals surface area contributed by atoms with Crippen molar-refractivity contribution in [3.8, 4) is 56.5 Å². The van der Waals surface area contributed by atoms with Crippen LogP contribution in [0.1, 0.15) is 163 Å². The molecule has 1 aliphatic heterocycles. The maximum atomic E-state index is 13.8. The van der Waals surface area contributed by atoms with Crippen LogP contribution in [-0.2, 0) is 52.3 Å². The number of hydrogen-bond donors (Lipinski definition) is 3. The molecule has 8 aromatic rings. The number of carbonyl (C=O) groups is 6. The first kappa shape index (κ1) is 73.3. The van der Waals surface area contributed by atoms with Gasteiger partial charge in [-0.05, 0) is 161 Å². The number of aromatic hydroxyl groups is 1. The van der Waals surface area contributed by atoms with E-state index in [0.717, 1.165) is 72.9 Å². The fraction of sp³-hybridized carbons (Fsp3) is 0.418. The SMILES string of the molecule is CC(C)(C)OC(=O)C1CC(C(=O)[C@H](Cc2ccc(-c3ncc(-c4ccc(O)cc4)cn3)cc2)NC(=O)c2ccc(C(C)(C)C)s2)C1.CC(C)CCCOc1ccc(-c2cnc(-c3ccc(C[C@H](NC(=O)c4ccc(C(C)(C)C)s4)C(=O)N4CC(C(=O)OC(C)(C)C)C4)cc3)nc2)cc1. The molecule has 4 aromatic heterocycles. The molecule has 2 atom stereocenters. The van der Waals surface area contributed by atoms with Crippen molar-refractivity contribution in [1.82, 2.24) is 35.5 Å². The molecule has 19 heteroatoms. The largest absolute Gasteiger partial charge is 0.508 e. The van der Waals surface area contributed by atoms with Crippen molar-refractivity contribution >= 4 is 58.1 Å². The molecule has 2 fully saturated rings. The Labute approximate surface area is 584 Å². The molecule has 5 heterocycles. The number of nitrogens with one attached hydrogen (secondary N) is 2. The van der Waals surface area contributed by atoms with Crippen molar-refractivity contribution in [2.24, 2.45) is 23.7 Å². The summed E-state index contributed by atoms with van der Waals surface area (Å²) in [5, 5.41) is 15.6. The van der Waals surface area contributed by atoms with Gasteiger partial charge in [-0.3, -0.25) is 28.8 Å². The molecule has 17 nitrogen and oxygen atoms in total. The number of thiophene rings is 2. The number of likely N-dealkylation sites (tertiary alicyclic amines) is 1. The van der Waals surface area contributed by atoms with Gasteiger partial charge in [-0.25, -0.2) is 19.9 Å². The van der Waals surface area contributed by atoms with Crippen molar-refractivity contribution in [3.63, 3.8) is 0 Å². The van der Waals surface area contributed by atoms with Crippen LogP contribution >= 0.6 is 22.7 Å². The molecule has 98 heavy (non-hydrogen) atoms. The van der Waals surface area contributed by atoms with Crippen molar-refractivity contribution in [2.75, 3.05) is 19.7 Å². The van der Waals surface area contributed by atoms with Gasteiger partial charge in [0.25, 0.3) is 11.8 Å². The standard InChI is InChI=1S/C42H52N4O5S.C37H41N3O5S/c1-27(2)10-9-21-50-33-17-15-29(16-18-33)31-23-43-37(44-24-31)30-13-11-28(12-14-30)22-34(45-38(47)35-19-20-36(52-35)41(3,4)5)39(48)46-25-32(26-46)40(49)51-42(6,7)8;1-36(2,3)31-16-15-30(46-31)34(43)40-29(32(42)25-18-26(19-25)35(44)45-37(4,5)6)17-22-7-9-24(10-8-22)33-38-20-27(21-39-33)23-11-13-28(41)14-12-23/h11-20,23-24,27,32,34H,9-10,21-22,25-26H2,1-8H3,(H,45,47);7-16,20-21,25-26,29,41H,17-19H2,1-6H3,(H,40,43)/t34-;25?,26?,29-/m00/s1. The van der Waals surface area contributed by atoms with Crippen LogP contribution in [0.2, 0.25) is 0 Å². The van der Waals surface area contributed by atoms with Gasteiger partial charge in [0.1, 0.15) is 28.7 Å². The van der Waals surface area contributed by atoms with Crippen LogP contribution in [0.25, 0.3) is 45.0 Å². The number of benzene rings is 4. The predicted octanol–water partition coefficient (Wildman–Crippen LogP) is 15.3. The Morgan fingerprint density at radius 2 is 0.918 bits per heavy atom. The molecule has 4 aromatic carbocycles. The van der Waals surface area contributed by atoms with Crippen LogP contribution in [0.3, 0.4) is 0 Å². The van der Waals surface area contributed by atoms with E-state index in [0.29, 0.717) is 53.2 Å². The number of phenolic OH excluding ortho intramolecular Hbond substituents is 1. The number of nitrogens with zero attached hydrogens (tertiary/aromatic N) is 5. The first-order valence-electron chi connectivity index (χ1n) is 33.7. The Hall–Kier alpha value is -8.94. The molecule has 1 saturated carbocycles. The summed E-state index contributed by atoms with van der Waals surface area (Å²) in [5.41, 5.74) is 5.70. The van der Waals surface area contributed by atoms with Gasteiger partial charge < -0.3 is 34.9 Å². The first-order valence-corrected chi connectivity index (χ1v) is 35.3. The van der Waals surface area contributed by atoms with Crippen molar-refractivity contribution in [1.29, 1.82) is 0 Å². The molecule has 0 spiro atoms. The number of amides is 3. The molecular weight excluding hydrogens is 1270 g/mol. The topological polar surface area (TPSA) is 229 Å². The second kappa shape index (κ2) is 31.3. The second-order valence-corrected chi connectivity index (χ2v) is 32.2. The predicted molar refractivity (Wildman–Crippen MR) is 386 cm³/mol. The van der Waals surface area contributed by atoms with Crippen molar-refractivity contribution in [3.05, 3.63) is 177 Å². The summed E-state index contributed by atoms with van der Waals surface area (Å²) < 4.78 is 16.9. The fourth-order valence-corrected chi connectivity index (χ4v) is 13.0. The van der Waals surface area contributed by atoms with Crippen LogP contribution < -0.4 is 15.4 Å². The highest BCUT2D eigenvalue weighted by molar-refractivity contribution is 7.14. The molecular formula is C79H93N7O10S2. The van der Waals surface area contributed by atoms with Crippen LogP contribution in [0.5, 0.6) is 11.5 Å². The minimum Gasteiger partial charge on any atom is -0.508 e. The number of rotatable bonds is 22. The van der Waals surface area contributed by atoms with E-state index in [1.54, 1.807) is 29.4 Å². The van der Waals surface area contributed by atoms with E-state index in [-0.39, 0.29) is 89.3 Å². The molecule has 3 N–H and O–H groups in total. The number of Topliss-reactive ketones (excluding diaryl/α,β-unsaturated/α-hetero) is 1. The Morgan fingerprint density at radius 1 is 0.510 bits per heavy atom. The number of aromatic nitrogens is 4. The van der Waals surface area contributed by atoms with E-state index in [1.165, 1.54) is 22.7 Å². The average Bonchev–Trinajstić information content (AvgIpc) is 0.965. The Balaban J connectivity index is 0.000000231. The Kier molecular flexibility index (Phi) is 23.4. The Morgan fingerprint density at radius 3 is 1.34 bits per heavy atom. The zero-order valence-electron chi connectivity index (χ0n) is 58.9. The summed E-state index contributed by atoms with van der Waals surface area (Å²) in [4.78, 5) is 103. The zero-order valence-corrected chi connectivity index (χ0v) is 60.5. The quantitative estimate of drug-likeness (QED) is 0.0424. The van der Waals surface area contributed by atoms with Gasteiger partial charge in [-0.1, -0.05) is 128 Å². The molecule has 1 saturated heterocycles. The monoisotopic (exact) mass is 1360 g/mol. The first-order chi connectivity index (χ1) is 46.2. The lowest BCUT2D eigenvalue weighted by molar-refractivity contribution is -0.169. The van der Waals surface area contributed by atoms with E-state index in [1.807, 2.05) is 163 Å².